The normalized spacial score (nSPS) is 11.0. The Hall–Kier alpha value is -2.36. The fourth-order valence-electron chi connectivity index (χ4n) is 2.48. The number of nitrogens with one attached hydrogen (secondary N) is 1. The fourth-order valence-corrected chi connectivity index (χ4v) is 2.48. The van der Waals surface area contributed by atoms with Gasteiger partial charge in [0.05, 0.1) is 0 Å². The number of rotatable bonds is 3. The van der Waals surface area contributed by atoms with Gasteiger partial charge in [-0.3, -0.25) is 0 Å². The van der Waals surface area contributed by atoms with Gasteiger partial charge in [-0.15, -0.1) is 0 Å². The van der Waals surface area contributed by atoms with Crippen molar-refractivity contribution in [2.24, 2.45) is 0 Å². The van der Waals surface area contributed by atoms with Crippen molar-refractivity contribution in [3.05, 3.63) is 41.2 Å². The number of hydrogen-bond acceptors (Lipinski definition) is 4. The van der Waals surface area contributed by atoms with Crippen LogP contribution in [-0.2, 0) is 6.42 Å². The maximum absolute atomic E-state index is 5.97. The highest BCUT2D eigenvalue weighted by Gasteiger charge is 2.15. The van der Waals surface area contributed by atoms with Gasteiger partial charge in [-0.05, 0) is 32.0 Å². The summed E-state index contributed by atoms with van der Waals surface area (Å²) in [6.45, 7) is 6.14. The molecule has 0 spiro atoms. The lowest BCUT2D eigenvalue weighted by Gasteiger charge is -2.09. The largest absolute Gasteiger partial charge is 0.454 e. The number of anilines is 1. The minimum absolute atomic E-state index is 0.793. The Kier molecular flexibility index (Phi) is 3.37. The van der Waals surface area contributed by atoms with Crippen molar-refractivity contribution >= 4 is 16.8 Å². The second-order valence-electron chi connectivity index (χ2n) is 5.22. The summed E-state index contributed by atoms with van der Waals surface area (Å²) in [6.07, 6.45) is 0.793. The molecule has 108 valence electrons. The van der Waals surface area contributed by atoms with Crippen LogP contribution >= 0.6 is 0 Å². The zero-order valence-electron chi connectivity index (χ0n) is 12.8. The van der Waals surface area contributed by atoms with Crippen molar-refractivity contribution in [3.63, 3.8) is 0 Å². The van der Waals surface area contributed by atoms with E-state index < -0.39 is 0 Å². The molecule has 0 fully saturated rings. The number of hydrogen-bond donors (Lipinski definition) is 1. The molecular weight excluding hydrogens is 262 g/mol. The summed E-state index contributed by atoms with van der Waals surface area (Å²) in [5.41, 5.74) is 3.97. The summed E-state index contributed by atoms with van der Waals surface area (Å²) in [5, 5.41) is 4.23. The highest BCUT2D eigenvalue weighted by atomic mass is 16.3. The Morgan fingerprint density at radius 2 is 1.95 bits per heavy atom. The van der Waals surface area contributed by atoms with Gasteiger partial charge < -0.3 is 9.73 Å². The maximum Gasteiger partial charge on any atom is 0.154 e. The van der Waals surface area contributed by atoms with Crippen LogP contribution in [-0.4, -0.2) is 17.0 Å². The molecule has 1 N–H and O–H groups in total. The average Bonchev–Trinajstić information content (AvgIpc) is 2.90. The zero-order chi connectivity index (χ0) is 15.0. The van der Waals surface area contributed by atoms with Crippen molar-refractivity contribution in [1.82, 2.24) is 9.97 Å². The third-order valence-electron chi connectivity index (χ3n) is 3.65. The van der Waals surface area contributed by atoms with E-state index in [4.69, 9.17) is 4.42 Å². The molecule has 21 heavy (non-hydrogen) atoms. The molecule has 0 saturated heterocycles. The predicted octanol–water partition coefficient (Wildman–Crippen LogP) is 4.11. The number of furan rings is 1. The van der Waals surface area contributed by atoms with Crippen LogP contribution in [0.4, 0.5) is 5.82 Å². The van der Waals surface area contributed by atoms with Gasteiger partial charge in [-0.1, -0.05) is 18.6 Å². The molecule has 0 aliphatic carbocycles. The summed E-state index contributed by atoms with van der Waals surface area (Å²) >= 11 is 0. The van der Waals surface area contributed by atoms with Crippen LogP contribution in [0.15, 0.2) is 28.7 Å². The van der Waals surface area contributed by atoms with Crippen molar-refractivity contribution in [1.29, 1.82) is 0 Å². The van der Waals surface area contributed by atoms with Crippen molar-refractivity contribution in [3.8, 4) is 11.5 Å². The summed E-state index contributed by atoms with van der Waals surface area (Å²) in [5.74, 6) is 2.46. The van der Waals surface area contributed by atoms with E-state index in [-0.39, 0.29) is 0 Å². The van der Waals surface area contributed by atoms with Crippen LogP contribution in [0.1, 0.15) is 23.9 Å². The van der Waals surface area contributed by atoms with Gasteiger partial charge in [-0.2, -0.15) is 0 Å². The lowest BCUT2D eigenvalue weighted by Crippen LogP contribution is -2.04. The topological polar surface area (TPSA) is 51.0 Å². The van der Waals surface area contributed by atoms with Gasteiger partial charge >= 0.3 is 0 Å². The number of benzene rings is 1. The maximum atomic E-state index is 5.97. The molecule has 3 rings (SSSR count). The van der Waals surface area contributed by atoms with Gasteiger partial charge in [-0.25, -0.2) is 9.97 Å². The highest BCUT2D eigenvalue weighted by molar-refractivity contribution is 5.83. The first-order valence-corrected chi connectivity index (χ1v) is 7.18. The molecular formula is C17H19N3O. The summed E-state index contributed by atoms with van der Waals surface area (Å²) in [7, 11) is 1.88. The zero-order valence-corrected chi connectivity index (χ0v) is 12.8. The average molecular weight is 281 g/mol. The number of nitrogens with zero attached hydrogens (tertiary/aromatic N) is 2. The Morgan fingerprint density at radius 3 is 2.67 bits per heavy atom. The lowest BCUT2D eigenvalue weighted by atomic mass is 10.1. The predicted molar refractivity (Wildman–Crippen MR) is 85.6 cm³/mol. The number of aryl methyl sites for hydroxylation is 2. The van der Waals surface area contributed by atoms with Crippen molar-refractivity contribution in [2.45, 2.75) is 27.2 Å². The molecule has 3 aromatic rings. The summed E-state index contributed by atoms with van der Waals surface area (Å²) in [6, 6.07) is 8.23. The monoisotopic (exact) mass is 281 g/mol. The molecule has 0 atom stereocenters. The van der Waals surface area contributed by atoms with E-state index in [0.717, 1.165) is 46.0 Å². The molecule has 0 amide bonds. The minimum atomic E-state index is 0.793. The fraction of sp³-hybridized carbons (Fsp3) is 0.294. The first kappa shape index (κ1) is 13.6. The quantitative estimate of drug-likeness (QED) is 0.785. The highest BCUT2D eigenvalue weighted by Crippen LogP contribution is 2.31. The molecule has 2 heterocycles. The molecule has 4 nitrogen and oxygen atoms in total. The molecule has 4 heteroatoms. The SMILES string of the molecule is CCc1nc(NC)c(C)c(-c2cc3cc(C)ccc3o2)n1. The van der Waals surface area contributed by atoms with Gasteiger partial charge in [0, 0.05) is 24.4 Å². The first-order valence-electron chi connectivity index (χ1n) is 7.18. The van der Waals surface area contributed by atoms with Crippen LogP contribution in [0.3, 0.4) is 0 Å². The van der Waals surface area contributed by atoms with Crippen molar-refractivity contribution < 1.29 is 4.42 Å². The van der Waals surface area contributed by atoms with Crippen LogP contribution in [0.25, 0.3) is 22.4 Å². The van der Waals surface area contributed by atoms with E-state index in [2.05, 4.69) is 47.3 Å². The molecule has 1 aromatic carbocycles. The molecule has 0 aliphatic rings. The molecule has 0 unspecified atom stereocenters. The second-order valence-corrected chi connectivity index (χ2v) is 5.22. The Morgan fingerprint density at radius 1 is 1.14 bits per heavy atom. The molecule has 2 aromatic heterocycles. The van der Waals surface area contributed by atoms with Gasteiger partial charge in [0.1, 0.15) is 22.9 Å². The Labute approximate surface area is 124 Å². The molecule has 0 saturated carbocycles. The van der Waals surface area contributed by atoms with E-state index in [0.29, 0.717) is 0 Å². The van der Waals surface area contributed by atoms with Crippen LogP contribution in [0.2, 0.25) is 0 Å². The van der Waals surface area contributed by atoms with E-state index >= 15 is 0 Å². The smallest absolute Gasteiger partial charge is 0.154 e. The van der Waals surface area contributed by atoms with E-state index in [9.17, 15) is 0 Å². The van der Waals surface area contributed by atoms with Gasteiger partial charge in [0.25, 0.3) is 0 Å². The second kappa shape index (κ2) is 5.20. The van der Waals surface area contributed by atoms with Gasteiger partial charge in [0.15, 0.2) is 5.76 Å². The summed E-state index contributed by atoms with van der Waals surface area (Å²) in [4.78, 5) is 9.14. The standard InChI is InChI=1S/C17H19N3O/c1-5-15-19-16(11(3)17(18-4)20-15)14-9-12-8-10(2)6-7-13(12)21-14/h6-9H,5H2,1-4H3,(H,18,19,20). The minimum Gasteiger partial charge on any atom is -0.454 e. The molecule has 0 aliphatic heterocycles. The Bertz CT molecular complexity index is 805. The van der Waals surface area contributed by atoms with Gasteiger partial charge in [0.2, 0.25) is 0 Å². The van der Waals surface area contributed by atoms with Crippen molar-refractivity contribution in [2.75, 3.05) is 12.4 Å². The van der Waals surface area contributed by atoms with Crippen LogP contribution in [0.5, 0.6) is 0 Å². The van der Waals surface area contributed by atoms with E-state index in [1.807, 2.05) is 20.0 Å². The lowest BCUT2D eigenvalue weighted by molar-refractivity contribution is 0.627. The first-order chi connectivity index (χ1) is 10.1. The number of aromatic nitrogens is 2. The van der Waals surface area contributed by atoms with Crippen LogP contribution in [0, 0.1) is 13.8 Å². The molecule has 0 bridgehead atoms. The van der Waals surface area contributed by atoms with E-state index in [1.54, 1.807) is 0 Å². The van der Waals surface area contributed by atoms with Crippen LogP contribution < -0.4 is 5.32 Å². The Balaban J connectivity index is 2.21. The van der Waals surface area contributed by atoms with E-state index in [1.165, 1.54) is 5.56 Å². The summed E-state index contributed by atoms with van der Waals surface area (Å²) < 4.78 is 5.97. The third kappa shape index (κ3) is 2.37. The third-order valence-corrected chi connectivity index (χ3v) is 3.65. The number of fused-ring (bicyclic) bond motifs is 1. The molecule has 0 radical (unpaired) electrons.